The van der Waals surface area contributed by atoms with Crippen LogP contribution in [0.5, 0.6) is 0 Å². The second kappa shape index (κ2) is 9.45. The molecule has 0 fully saturated rings. The van der Waals surface area contributed by atoms with Crippen molar-refractivity contribution in [2.75, 3.05) is 13.2 Å². The van der Waals surface area contributed by atoms with Gasteiger partial charge in [-0.05, 0) is 36.2 Å². The fourth-order valence-corrected chi connectivity index (χ4v) is 2.52. The molecule has 24 heavy (non-hydrogen) atoms. The molecule has 1 aromatic carbocycles. The second-order valence-corrected chi connectivity index (χ2v) is 6.20. The van der Waals surface area contributed by atoms with E-state index in [1.807, 2.05) is 24.3 Å². The fraction of sp³-hybridized carbons (Fsp3) is 0.200. The topological polar surface area (TPSA) is 113 Å². The molecule has 0 unspecified atom stereocenters. The van der Waals surface area contributed by atoms with Crippen LogP contribution in [0.3, 0.4) is 0 Å². The molecular weight excluding hydrogens is 348 g/mol. The molecule has 6 N–H and O–H groups in total. The Hall–Kier alpha value is -1.84. The van der Waals surface area contributed by atoms with E-state index in [0.29, 0.717) is 23.9 Å². The van der Waals surface area contributed by atoms with Gasteiger partial charge >= 0.3 is 0 Å². The summed E-state index contributed by atoms with van der Waals surface area (Å²) in [5.41, 5.74) is 7.48. The molecule has 0 saturated heterocycles. The van der Waals surface area contributed by atoms with Gasteiger partial charge in [0.25, 0.3) is 0 Å². The number of aliphatic hydroxyl groups excluding tert-OH is 1. The Bertz CT molecular complexity index is 665. The van der Waals surface area contributed by atoms with Gasteiger partial charge in [-0.1, -0.05) is 23.7 Å². The van der Waals surface area contributed by atoms with Crippen molar-refractivity contribution in [2.45, 2.75) is 11.4 Å². The molecule has 0 aliphatic rings. The molecule has 0 atom stereocenters. The van der Waals surface area contributed by atoms with Gasteiger partial charge in [-0.2, -0.15) is 0 Å². The summed E-state index contributed by atoms with van der Waals surface area (Å²) in [6.07, 6.45) is 1.55. The Labute approximate surface area is 149 Å². The standard InChI is InChI=1S/C15H19ClN6OS/c16-12-3-4-13(19-9-12)10-22(18)21-15(17)11-1-5-14(6-2-11)24-20-7-8-23/h1-6,9,20,23H,7-8,10,18H2,(H2,17,21). The molecule has 2 aromatic rings. The number of hydrogen-bond acceptors (Lipinski definition) is 7. The lowest BCUT2D eigenvalue weighted by molar-refractivity contribution is 0.286. The molecule has 0 spiro atoms. The van der Waals surface area contributed by atoms with Crippen LogP contribution in [-0.2, 0) is 6.54 Å². The zero-order valence-corrected chi connectivity index (χ0v) is 14.5. The van der Waals surface area contributed by atoms with E-state index in [2.05, 4.69) is 14.8 Å². The number of aromatic nitrogens is 1. The molecular formula is C15H19ClN6OS. The minimum absolute atomic E-state index is 0.0967. The summed E-state index contributed by atoms with van der Waals surface area (Å²) < 4.78 is 3.02. The van der Waals surface area contributed by atoms with Crippen LogP contribution in [-0.4, -0.2) is 34.2 Å². The first-order valence-corrected chi connectivity index (χ1v) is 8.35. The zero-order chi connectivity index (χ0) is 17.4. The average Bonchev–Trinajstić information content (AvgIpc) is 2.58. The van der Waals surface area contributed by atoms with E-state index in [4.69, 9.17) is 28.3 Å². The van der Waals surface area contributed by atoms with Gasteiger partial charge in [0.15, 0.2) is 5.84 Å². The maximum atomic E-state index is 8.73. The van der Waals surface area contributed by atoms with Crippen molar-refractivity contribution >= 4 is 29.4 Å². The first kappa shape index (κ1) is 18.5. The number of amidine groups is 1. The Morgan fingerprint density at radius 3 is 2.67 bits per heavy atom. The summed E-state index contributed by atoms with van der Waals surface area (Å²) in [5, 5.41) is 14.7. The summed E-state index contributed by atoms with van der Waals surface area (Å²) in [6, 6.07) is 11.1. The van der Waals surface area contributed by atoms with Gasteiger partial charge in [-0.15, -0.1) is 5.10 Å². The van der Waals surface area contributed by atoms with Crippen molar-refractivity contribution in [3.05, 3.63) is 58.9 Å². The number of rotatable bonds is 8. The van der Waals surface area contributed by atoms with E-state index in [0.717, 1.165) is 16.2 Å². The van der Waals surface area contributed by atoms with Crippen molar-refractivity contribution < 1.29 is 5.11 Å². The number of nitrogens with two attached hydrogens (primary N) is 2. The van der Waals surface area contributed by atoms with Gasteiger partial charge in [0, 0.05) is 23.2 Å². The Morgan fingerprint density at radius 2 is 2.04 bits per heavy atom. The van der Waals surface area contributed by atoms with Crippen LogP contribution in [0, 0.1) is 0 Å². The molecule has 7 nitrogen and oxygen atoms in total. The van der Waals surface area contributed by atoms with Crippen molar-refractivity contribution in [3.63, 3.8) is 0 Å². The molecule has 1 aromatic heterocycles. The number of pyridine rings is 1. The van der Waals surface area contributed by atoms with Crippen LogP contribution < -0.4 is 16.3 Å². The normalized spacial score (nSPS) is 11.5. The third-order valence-electron chi connectivity index (χ3n) is 2.90. The molecule has 0 aliphatic carbocycles. The maximum absolute atomic E-state index is 8.73. The monoisotopic (exact) mass is 366 g/mol. The van der Waals surface area contributed by atoms with E-state index in [1.165, 1.54) is 17.1 Å². The molecule has 0 radical (unpaired) electrons. The van der Waals surface area contributed by atoms with Crippen molar-refractivity contribution in [3.8, 4) is 0 Å². The summed E-state index contributed by atoms with van der Waals surface area (Å²) in [6.45, 7) is 0.938. The van der Waals surface area contributed by atoms with Gasteiger partial charge in [0.05, 0.1) is 23.9 Å². The average molecular weight is 367 g/mol. The smallest absolute Gasteiger partial charge is 0.152 e. The quantitative estimate of drug-likeness (QED) is 0.139. The number of nitrogens with one attached hydrogen (secondary N) is 1. The van der Waals surface area contributed by atoms with Gasteiger partial charge in [0.1, 0.15) is 0 Å². The highest BCUT2D eigenvalue weighted by Crippen LogP contribution is 2.15. The number of halogens is 1. The number of hydrazine groups is 1. The van der Waals surface area contributed by atoms with Gasteiger partial charge in [-0.3, -0.25) is 9.71 Å². The first-order chi connectivity index (χ1) is 11.6. The minimum atomic E-state index is 0.0967. The zero-order valence-electron chi connectivity index (χ0n) is 12.9. The first-order valence-electron chi connectivity index (χ1n) is 7.16. The highest BCUT2D eigenvalue weighted by Gasteiger charge is 2.04. The highest BCUT2D eigenvalue weighted by molar-refractivity contribution is 7.97. The molecule has 0 bridgehead atoms. The largest absolute Gasteiger partial charge is 0.395 e. The number of aliphatic hydroxyl groups is 1. The van der Waals surface area contributed by atoms with Crippen LogP contribution in [0.2, 0.25) is 5.02 Å². The van der Waals surface area contributed by atoms with Crippen molar-refractivity contribution in [1.29, 1.82) is 0 Å². The van der Waals surface area contributed by atoms with Gasteiger partial charge in [0.2, 0.25) is 0 Å². The summed E-state index contributed by atoms with van der Waals surface area (Å²) in [4.78, 5) is 5.16. The molecule has 9 heteroatoms. The number of nitrogens with zero attached hydrogens (tertiary/aromatic N) is 3. The molecule has 1 heterocycles. The SMILES string of the molecule is N/C(=N\N(N)Cc1ccc(Cl)cn1)c1ccc(SNCCO)cc1. The van der Waals surface area contributed by atoms with Crippen molar-refractivity contribution in [2.24, 2.45) is 16.7 Å². The number of hydrazone groups is 1. The fourth-order valence-electron chi connectivity index (χ4n) is 1.77. The molecule has 0 aliphatic heterocycles. The van der Waals surface area contributed by atoms with Crippen LogP contribution in [0.1, 0.15) is 11.3 Å². The van der Waals surface area contributed by atoms with Gasteiger partial charge < -0.3 is 10.8 Å². The lowest BCUT2D eigenvalue weighted by Crippen LogP contribution is -2.29. The van der Waals surface area contributed by atoms with E-state index >= 15 is 0 Å². The summed E-state index contributed by atoms with van der Waals surface area (Å²) >= 11 is 7.23. The summed E-state index contributed by atoms with van der Waals surface area (Å²) in [7, 11) is 0. The lowest BCUT2D eigenvalue weighted by atomic mass is 10.2. The number of hydrogen-bond donors (Lipinski definition) is 4. The maximum Gasteiger partial charge on any atom is 0.152 e. The predicted octanol–water partition coefficient (Wildman–Crippen LogP) is 1.32. The van der Waals surface area contributed by atoms with Crippen LogP contribution in [0.25, 0.3) is 0 Å². The summed E-state index contributed by atoms with van der Waals surface area (Å²) in [5.74, 6) is 6.16. The second-order valence-electron chi connectivity index (χ2n) is 4.79. The van der Waals surface area contributed by atoms with Crippen molar-refractivity contribution in [1.82, 2.24) is 14.8 Å². The molecule has 0 saturated carbocycles. The Morgan fingerprint density at radius 1 is 1.29 bits per heavy atom. The Balaban J connectivity index is 1.94. The van der Waals surface area contributed by atoms with Gasteiger partial charge in [-0.25, -0.2) is 11.0 Å². The third kappa shape index (κ3) is 5.99. The van der Waals surface area contributed by atoms with E-state index in [9.17, 15) is 0 Å². The van der Waals surface area contributed by atoms with E-state index in [1.54, 1.807) is 18.3 Å². The Kier molecular flexibility index (Phi) is 7.29. The molecule has 128 valence electrons. The minimum Gasteiger partial charge on any atom is -0.395 e. The van der Waals surface area contributed by atoms with E-state index < -0.39 is 0 Å². The third-order valence-corrected chi connectivity index (χ3v) is 3.98. The van der Waals surface area contributed by atoms with Crippen LogP contribution >= 0.6 is 23.5 Å². The molecule has 0 amide bonds. The molecule has 2 rings (SSSR count). The van der Waals surface area contributed by atoms with Crippen LogP contribution in [0.15, 0.2) is 52.6 Å². The lowest BCUT2D eigenvalue weighted by Gasteiger charge is -2.13. The highest BCUT2D eigenvalue weighted by atomic mass is 35.5. The van der Waals surface area contributed by atoms with Crippen LogP contribution in [0.4, 0.5) is 0 Å². The van der Waals surface area contributed by atoms with E-state index in [-0.39, 0.29) is 6.61 Å². The number of benzene rings is 1. The predicted molar refractivity (Wildman–Crippen MR) is 97.1 cm³/mol.